The van der Waals surface area contributed by atoms with Gasteiger partial charge in [-0.3, -0.25) is 4.79 Å². The Balaban J connectivity index is 2.15. The lowest BCUT2D eigenvalue weighted by atomic mass is 10.1. The molecular formula is C13H14N2O2. The van der Waals surface area contributed by atoms with Crippen molar-refractivity contribution in [3.05, 3.63) is 41.7 Å². The van der Waals surface area contributed by atoms with Crippen molar-refractivity contribution >= 4 is 5.97 Å². The zero-order valence-corrected chi connectivity index (χ0v) is 9.60. The van der Waals surface area contributed by atoms with Gasteiger partial charge in [-0.1, -0.05) is 23.8 Å². The summed E-state index contributed by atoms with van der Waals surface area (Å²) in [6.45, 7) is 2.03. The molecule has 0 saturated heterocycles. The number of nitrogens with zero attached hydrogens (tertiary/aromatic N) is 1. The molecule has 17 heavy (non-hydrogen) atoms. The number of benzene rings is 1. The molecule has 0 fully saturated rings. The summed E-state index contributed by atoms with van der Waals surface area (Å²) in [5.74, 6) is -0.00852. The molecule has 0 saturated carbocycles. The summed E-state index contributed by atoms with van der Waals surface area (Å²) in [6.07, 6.45) is 2.30. The Bertz CT molecular complexity index is 532. The van der Waals surface area contributed by atoms with Gasteiger partial charge in [0.25, 0.3) is 0 Å². The van der Waals surface area contributed by atoms with Gasteiger partial charge < -0.3 is 10.1 Å². The molecule has 0 aliphatic heterocycles. The average molecular weight is 230 g/mol. The summed E-state index contributed by atoms with van der Waals surface area (Å²) < 4.78 is 0. The first-order chi connectivity index (χ1) is 8.15. The fourth-order valence-corrected chi connectivity index (χ4v) is 1.67. The molecule has 0 bridgehead atoms. The Morgan fingerprint density at radius 1 is 1.47 bits per heavy atom. The largest absolute Gasteiger partial charge is 0.481 e. The van der Waals surface area contributed by atoms with Gasteiger partial charge in [-0.15, -0.1) is 0 Å². The molecule has 0 aliphatic rings. The van der Waals surface area contributed by atoms with Crippen molar-refractivity contribution in [1.29, 1.82) is 0 Å². The zero-order chi connectivity index (χ0) is 12.3. The summed E-state index contributed by atoms with van der Waals surface area (Å²) in [4.78, 5) is 17.9. The molecule has 4 nitrogen and oxygen atoms in total. The smallest absolute Gasteiger partial charge is 0.303 e. The third-order valence-corrected chi connectivity index (χ3v) is 2.53. The maximum Gasteiger partial charge on any atom is 0.303 e. The second kappa shape index (κ2) is 4.82. The molecule has 0 unspecified atom stereocenters. The van der Waals surface area contributed by atoms with Crippen molar-refractivity contribution in [2.75, 3.05) is 0 Å². The van der Waals surface area contributed by atoms with Crippen LogP contribution in [0.1, 0.15) is 17.7 Å². The van der Waals surface area contributed by atoms with E-state index in [2.05, 4.69) is 9.97 Å². The molecule has 1 aromatic carbocycles. The standard InChI is InChI=1S/C13H14N2O2/c1-9-3-2-4-10(7-9)13-14-8-11(15-13)5-6-12(16)17/h2-4,7-8H,5-6H2,1H3,(H,14,15)(H,16,17). The SMILES string of the molecule is Cc1cccc(-c2ncc(CCC(=O)O)[nH]2)c1. The minimum absolute atomic E-state index is 0.120. The van der Waals surface area contributed by atoms with Crippen LogP contribution in [0.2, 0.25) is 0 Å². The summed E-state index contributed by atoms with van der Waals surface area (Å²) >= 11 is 0. The lowest BCUT2D eigenvalue weighted by Gasteiger charge is -1.98. The van der Waals surface area contributed by atoms with Crippen LogP contribution in [-0.2, 0) is 11.2 Å². The van der Waals surface area contributed by atoms with E-state index in [4.69, 9.17) is 5.11 Å². The van der Waals surface area contributed by atoms with Crippen LogP contribution in [-0.4, -0.2) is 21.0 Å². The van der Waals surface area contributed by atoms with E-state index in [1.807, 2.05) is 31.2 Å². The minimum Gasteiger partial charge on any atom is -0.481 e. The lowest BCUT2D eigenvalue weighted by Crippen LogP contribution is -1.97. The number of aryl methyl sites for hydroxylation is 2. The van der Waals surface area contributed by atoms with E-state index in [-0.39, 0.29) is 6.42 Å². The summed E-state index contributed by atoms with van der Waals surface area (Å²) in [5, 5.41) is 8.60. The second-order valence-electron chi connectivity index (χ2n) is 4.02. The van der Waals surface area contributed by atoms with Gasteiger partial charge in [-0.2, -0.15) is 0 Å². The maximum atomic E-state index is 10.5. The minimum atomic E-state index is -0.795. The van der Waals surface area contributed by atoms with Crippen LogP contribution in [0.4, 0.5) is 0 Å². The van der Waals surface area contributed by atoms with Crippen LogP contribution >= 0.6 is 0 Å². The van der Waals surface area contributed by atoms with Gasteiger partial charge in [0.05, 0.1) is 6.42 Å². The predicted octanol–water partition coefficient (Wildman–Crippen LogP) is 2.40. The summed E-state index contributed by atoms with van der Waals surface area (Å²) in [5.41, 5.74) is 3.04. The van der Waals surface area contributed by atoms with Crippen molar-refractivity contribution in [2.45, 2.75) is 19.8 Å². The quantitative estimate of drug-likeness (QED) is 0.847. The Morgan fingerprint density at radius 3 is 3.00 bits per heavy atom. The molecule has 1 aromatic heterocycles. The molecular weight excluding hydrogens is 216 g/mol. The van der Waals surface area contributed by atoms with E-state index in [0.717, 1.165) is 17.1 Å². The normalized spacial score (nSPS) is 10.4. The topological polar surface area (TPSA) is 66.0 Å². The highest BCUT2D eigenvalue weighted by molar-refractivity contribution is 5.67. The number of imidazole rings is 1. The van der Waals surface area contributed by atoms with Gasteiger partial charge in [-0.05, 0) is 19.4 Å². The van der Waals surface area contributed by atoms with E-state index < -0.39 is 5.97 Å². The number of aromatic amines is 1. The molecule has 2 N–H and O–H groups in total. The van der Waals surface area contributed by atoms with E-state index in [1.54, 1.807) is 6.20 Å². The molecule has 0 amide bonds. The maximum absolute atomic E-state index is 10.5. The van der Waals surface area contributed by atoms with Gasteiger partial charge in [0, 0.05) is 17.5 Å². The van der Waals surface area contributed by atoms with E-state index in [9.17, 15) is 4.79 Å². The predicted molar refractivity (Wildman–Crippen MR) is 64.7 cm³/mol. The molecule has 0 aliphatic carbocycles. The molecule has 0 spiro atoms. The Hall–Kier alpha value is -2.10. The Kier molecular flexibility index (Phi) is 3.23. The van der Waals surface area contributed by atoms with Crippen molar-refractivity contribution in [3.63, 3.8) is 0 Å². The summed E-state index contributed by atoms with van der Waals surface area (Å²) in [6, 6.07) is 8.02. The van der Waals surface area contributed by atoms with Gasteiger partial charge in [0.15, 0.2) is 0 Å². The number of hydrogen-bond donors (Lipinski definition) is 2. The molecule has 0 radical (unpaired) electrons. The average Bonchev–Trinajstić information content (AvgIpc) is 2.75. The number of aromatic nitrogens is 2. The monoisotopic (exact) mass is 230 g/mol. The van der Waals surface area contributed by atoms with Gasteiger partial charge in [0.2, 0.25) is 0 Å². The van der Waals surface area contributed by atoms with Gasteiger partial charge >= 0.3 is 5.97 Å². The number of carbonyl (C=O) groups is 1. The molecule has 4 heteroatoms. The molecule has 2 aromatic rings. The van der Waals surface area contributed by atoms with Crippen molar-refractivity contribution < 1.29 is 9.90 Å². The number of rotatable bonds is 4. The number of nitrogens with one attached hydrogen (secondary N) is 1. The van der Waals surface area contributed by atoms with Crippen LogP contribution in [0.5, 0.6) is 0 Å². The Morgan fingerprint density at radius 2 is 2.29 bits per heavy atom. The fourth-order valence-electron chi connectivity index (χ4n) is 1.67. The van der Waals surface area contributed by atoms with E-state index >= 15 is 0 Å². The third-order valence-electron chi connectivity index (χ3n) is 2.53. The van der Waals surface area contributed by atoms with Crippen LogP contribution in [0.3, 0.4) is 0 Å². The van der Waals surface area contributed by atoms with E-state index in [0.29, 0.717) is 6.42 Å². The Labute approximate surface area is 99.3 Å². The number of carboxylic acids is 1. The lowest BCUT2D eigenvalue weighted by molar-refractivity contribution is -0.136. The third kappa shape index (κ3) is 2.93. The van der Waals surface area contributed by atoms with Gasteiger partial charge in [0.1, 0.15) is 5.82 Å². The zero-order valence-electron chi connectivity index (χ0n) is 9.60. The van der Waals surface area contributed by atoms with Crippen LogP contribution in [0.25, 0.3) is 11.4 Å². The summed E-state index contributed by atoms with van der Waals surface area (Å²) in [7, 11) is 0. The molecule has 0 atom stereocenters. The second-order valence-corrected chi connectivity index (χ2v) is 4.02. The highest BCUT2D eigenvalue weighted by Crippen LogP contribution is 2.17. The first kappa shape index (κ1) is 11.4. The van der Waals surface area contributed by atoms with Crippen molar-refractivity contribution in [1.82, 2.24) is 9.97 Å². The number of H-pyrrole nitrogens is 1. The molecule has 2 rings (SSSR count). The van der Waals surface area contributed by atoms with Crippen LogP contribution in [0.15, 0.2) is 30.5 Å². The van der Waals surface area contributed by atoms with Crippen molar-refractivity contribution in [2.24, 2.45) is 0 Å². The molecule has 1 heterocycles. The first-order valence-corrected chi connectivity index (χ1v) is 5.48. The van der Waals surface area contributed by atoms with E-state index in [1.165, 1.54) is 5.56 Å². The highest BCUT2D eigenvalue weighted by Gasteiger charge is 2.05. The fraction of sp³-hybridized carbons (Fsp3) is 0.231. The first-order valence-electron chi connectivity index (χ1n) is 5.48. The van der Waals surface area contributed by atoms with Crippen molar-refractivity contribution in [3.8, 4) is 11.4 Å². The number of hydrogen-bond acceptors (Lipinski definition) is 2. The molecule has 88 valence electrons. The van der Waals surface area contributed by atoms with Crippen LogP contribution in [0, 0.1) is 6.92 Å². The van der Waals surface area contributed by atoms with Gasteiger partial charge in [-0.25, -0.2) is 4.98 Å². The highest BCUT2D eigenvalue weighted by atomic mass is 16.4. The number of carboxylic acid groups (broad SMARTS) is 1. The number of aliphatic carboxylic acids is 1. The van der Waals surface area contributed by atoms with Crippen LogP contribution < -0.4 is 0 Å².